The molecule has 3 unspecified atom stereocenters. The van der Waals surface area contributed by atoms with Crippen molar-refractivity contribution < 1.29 is 0 Å². The van der Waals surface area contributed by atoms with Gasteiger partial charge in [-0.25, -0.2) is 0 Å². The highest BCUT2D eigenvalue weighted by atomic mass is 15.2. The summed E-state index contributed by atoms with van der Waals surface area (Å²) in [6.07, 6.45) is 6.80. The van der Waals surface area contributed by atoms with E-state index >= 15 is 0 Å². The Morgan fingerprint density at radius 3 is 2.71 bits per heavy atom. The predicted octanol–water partition coefficient (Wildman–Crippen LogP) is 2.01. The molecule has 1 saturated heterocycles. The highest BCUT2D eigenvalue weighted by Crippen LogP contribution is 2.21. The molecule has 0 aliphatic carbocycles. The summed E-state index contributed by atoms with van der Waals surface area (Å²) >= 11 is 0. The first kappa shape index (κ1) is 11.7. The number of likely N-dealkylation sites (tertiary alicyclic amines) is 1. The minimum atomic E-state index is 0.399. The van der Waals surface area contributed by atoms with E-state index < -0.39 is 0 Å². The topological polar surface area (TPSA) is 29.3 Å². The summed E-state index contributed by atoms with van der Waals surface area (Å²) in [5.41, 5.74) is 6.04. The Labute approximate surface area is 88.2 Å². The summed E-state index contributed by atoms with van der Waals surface area (Å²) in [4.78, 5) is 2.53. The van der Waals surface area contributed by atoms with Gasteiger partial charge in [0.2, 0.25) is 0 Å². The van der Waals surface area contributed by atoms with Crippen molar-refractivity contribution in [2.24, 2.45) is 11.7 Å². The number of hydrogen-bond acceptors (Lipinski definition) is 2. The van der Waals surface area contributed by atoms with Crippen LogP contribution in [0.4, 0.5) is 0 Å². The number of hydrogen-bond donors (Lipinski definition) is 1. The van der Waals surface area contributed by atoms with Gasteiger partial charge in [0, 0.05) is 25.2 Å². The van der Waals surface area contributed by atoms with Crippen molar-refractivity contribution >= 4 is 0 Å². The molecular formula is C12H24N2. The fourth-order valence-electron chi connectivity index (χ4n) is 2.11. The molecule has 2 N–H and O–H groups in total. The van der Waals surface area contributed by atoms with Gasteiger partial charge in [-0.05, 0) is 25.7 Å². The Bertz CT molecular complexity index is 189. The van der Waals surface area contributed by atoms with E-state index in [9.17, 15) is 0 Å². The molecule has 82 valence electrons. The first-order valence-corrected chi connectivity index (χ1v) is 5.81. The fourth-order valence-corrected chi connectivity index (χ4v) is 2.11. The molecular weight excluding hydrogens is 172 g/mol. The Morgan fingerprint density at radius 2 is 2.07 bits per heavy atom. The highest BCUT2D eigenvalue weighted by molar-refractivity contribution is 4.91. The Balaban J connectivity index is 2.42. The normalized spacial score (nSPS) is 35.3. The van der Waals surface area contributed by atoms with Crippen molar-refractivity contribution in [3.63, 3.8) is 0 Å². The van der Waals surface area contributed by atoms with E-state index in [4.69, 9.17) is 5.73 Å². The molecule has 0 bridgehead atoms. The summed E-state index contributed by atoms with van der Waals surface area (Å²) in [7, 11) is 0. The maximum Gasteiger partial charge on any atom is 0.0166 e. The number of piperidine rings is 1. The van der Waals surface area contributed by atoms with E-state index in [1.807, 2.05) is 0 Å². The van der Waals surface area contributed by atoms with E-state index in [1.165, 1.54) is 0 Å². The third-order valence-corrected chi connectivity index (χ3v) is 3.50. The van der Waals surface area contributed by atoms with E-state index in [-0.39, 0.29) is 0 Å². The second-order valence-corrected chi connectivity index (χ2v) is 4.43. The molecule has 14 heavy (non-hydrogen) atoms. The van der Waals surface area contributed by atoms with Crippen LogP contribution in [-0.4, -0.2) is 30.1 Å². The molecule has 0 aromatic carbocycles. The van der Waals surface area contributed by atoms with Gasteiger partial charge in [0.1, 0.15) is 0 Å². The van der Waals surface area contributed by atoms with Crippen LogP contribution in [0.15, 0.2) is 12.2 Å². The molecule has 1 aliphatic heterocycles. The maximum absolute atomic E-state index is 6.04. The molecule has 2 nitrogen and oxygen atoms in total. The summed E-state index contributed by atoms with van der Waals surface area (Å²) in [6.45, 7) is 8.98. The van der Waals surface area contributed by atoms with Gasteiger partial charge in [-0.1, -0.05) is 26.0 Å². The van der Waals surface area contributed by atoms with Crippen LogP contribution in [0.1, 0.15) is 33.6 Å². The van der Waals surface area contributed by atoms with Crippen LogP contribution in [0.3, 0.4) is 0 Å². The van der Waals surface area contributed by atoms with Crippen molar-refractivity contribution in [1.82, 2.24) is 4.90 Å². The minimum absolute atomic E-state index is 0.399. The number of nitrogens with zero attached hydrogens (tertiary/aromatic N) is 1. The van der Waals surface area contributed by atoms with E-state index in [0.29, 0.717) is 18.0 Å². The predicted molar refractivity (Wildman–Crippen MR) is 62.2 cm³/mol. The third kappa shape index (κ3) is 2.82. The van der Waals surface area contributed by atoms with Crippen LogP contribution in [0.25, 0.3) is 0 Å². The lowest BCUT2D eigenvalue weighted by Crippen LogP contribution is -2.51. The first-order valence-electron chi connectivity index (χ1n) is 5.81. The molecule has 0 aromatic heterocycles. The average Bonchev–Trinajstić information content (AvgIpc) is 2.18. The second kappa shape index (κ2) is 5.52. The van der Waals surface area contributed by atoms with E-state index in [1.54, 1.807) is 0 Å². The SMILES string of the molecule is CC/C=C/CN1CCC(N)C(C)C1C. The second-order valence-electron chi connectivity index (χ2n) is 4.43. The van der Waals surface area contributed by atoms with Crippen molar-refractivity contribution in [3.8, 4) is 0 Å². The first-order chi connectivity index (χ1) is 6.66. The zero-order valence-corrected chi connectivity index (χ0v) is 9.74. The molecule has 1 rings (SSSR count). The van der Waals surface area contributed by atoms with Gasteiger partial charge in [0.15, 0.2) is 0 Å². The van der Waals surface area contributed by atoms with Gasteiger partial charge in [0.05, 0.1) is 0 Å². The van der Waals surface area contributed by atoms with Gasteiger partial charge in [-0.15, -0.1) is 0 Å². The van der Waals surface area contributed by atoms with Gasteiger partial charge in [-0.3, -0.25) is 4.90 Å². The van der Waals surface area contributed by atoms with Crippen LogP contribution in [0.2, 0.25) is 0 Å². The zero-order chi connectivity index (χ0) is 10.6. The van der Waals surface area contributed by atoms with Crippen molar-refractivity contribution in [3.05, 3.63) is 12.2 Å². The maximum atomic E-state index is 6.04. The lowest BCUT2D eigenvalue weighted by molar-refractivity contribution is 0.110. The smallest absolute Gasteiger partial charge is 0.0166 e. The Kier molecular flexibility index (Phi) is 4.63. The fraction of sp³-hybridized carbons (Fsp3) is 0.833. The number of allylic oxidation sites excluding steroid dienone is 1. The van der Waals surface area contributed by atoms with Crippen molar-refractivity contribution in [1.29, 1.82) is 0 Å². The van der Waals surface area contributed by atoms with Crippen LogP contribution in [0.5, 0.6) is 0 Å². The highest BCUT2D eigenvalue weighted by Gasteiger charge is 2.29. The molecule has 0 radical (unpaired) electrons. The molecule has 2 heteroatoms. The number of rotatable bonds is 3. The van der Waals surface area contributed by atoms with Crippen molar-refractivity contribution in [2.75, 3.05) is 13.1 Å². The molecule has 1 fully saturated rings. The molecule has 0 spiro atoms. The van der Waals surface area contributed by atoms with Crippen LogP contribution in [-0.2, 0) is 0 Å². The van der Waals surface area contributed by atoms with Crippen LogP contribution in [0, 0.1) is 5.92 Å². The quantitative estimate of drug-likeness (QED) is 0.700. The minimum Gasteiger partial charge on any atom is -0.327 e. The van der Waals surface area contributed by atoms with Gasteiger partial charge in [0.25, 0.3) is 0 Å². The molecule has 0 amide bonds. The van der Waals surface area contributed by atoms with Crippen LogP contribution >= 0.6 is 0 Å². The van der Waals surface area contributed by atoms with Gasteiger partial charge in [-0.2, -0.15) is 0 Å². The average molecular weight is 196 g/mol. The third-order valence-electron chi connectivity index (χ3n) is 3.50. The lowest BCUT2D eigenvalue weighted by atomic mass is 9.88. The molecule has 0 aromatic rings. The monoisotopic (exact) mass is 196 g/mol. The largest absolute Gasteiger partial charge is 0.327 e. The molecule has 0 saturated carbocycles. The Hall–Kier alpha value is -0.340. The molecule has 1 aliphatic rings. The van der Waals surface area contributed by atoms with Gasteiger partial charge >= 0.3 is 0 Å². The van der Waals surface area contributed by atoms with E-state index in [2.05, 4.69) is 37.8 Å². The number of nitrogens with two attached hydrogens (primary N) is 1. The van der Waals surface area contributed by atoms with E-state index in [0.717, 1.165) is 25.9 Å². The summed E-state index contributed by atoms with van der Waals surface area (Å²) < 4.78 is 0. The van der Waals surface area contributed by atoms with Gasteiger partial charge < -0.3 is 5.73 Å². The summed E-state index contributed by atoms with van der Waals surface area (Å²) in [5, 5.41) is 0. The van der Waals surface area contributed by atoms with Crippen molar-refractivity contribution in [2.45, 2.75) is 45.7 Å². The zero-order valence-electron chi connectivity index (χ0n) is 9.74. The lowest BCUT2D eigenvalue weighted by Gasteiger charge is -2.40. The summed E-state index contributed by atoms with van der Waals surface area (Å²) in [5.74, 6) is 0.624. The molecule has 3 atom stereocenters. The standard InChI is InChI=1S/C12H24N2/c1-4-5-6-8-14-9-7-12(13)10(2)11(14)3/h5-6,10-12H,4,7-9,13H2,1-3H3/b6-5+. The van der Waals surface area contributed by atoms with Crippen LogP contribution < -0.4 is 5.73 Å². The molecule has 1 heterocycles. The Morgan fingerprint density at radius 1 is 1.36 bits per heavy atom. The summed E-state index contributed by atoms with van der Waals surface area (Å²) in [6, 6.07) is 1.02.